The van der Waals surface area contributed by atoms with Crippen LogP contribution in [0.15, 0.2) is 24.5 Å². The molecule has 0 aromatic carbocycles. The van der Waals surface area contributed by atoms with Gasteiger partial charge in [-0.2, -0.15) is 4.98 Å². The van der Waals surface area contributed by atoms with E-state index >= 15 is 0 Å². The maximum absolute atomic E-state index is 5.95. The predicted octanol–water partition coefficient (Wildman–Crippen LogP) is 3.29. The van der Waals surface area contributed by atoms with Gasteiger partial charge < -0.3 is 9.72 Å². The Labute approximate surface area is 127 Å². The van der Waals surface area contributed by atoms with Crippen LogP contribution in [-0.2, 0) is 0 Å². The molecule has 0 saturated carbocycles. The Bertz CT molecular complexity index is 759. The molecular formula is C12H8ClIN4O. The van der Waals surface area contributed by atoms with Crippen molar-refractivity contribution in [2.75, 3.05) is 7.11 Å². The van der Waals surface area contributed by atoms with Crippen LogP contribution in [0.4, 0.5) is 0 Å². The number of methoxy groups -OCH3 is 1. The third-order valence-corrected chi connectivity index (χ3v) is 3.68. The number of ether oxygens (including phenoxy) is 1. The van der Waals surface area contributed by atoms with E-state index in [9.17, 15) is 0 Å². The van der Waals surface area contributed by atoms with Crippen LogP contribution in [0.5, 0.6) is 5.88 Å². The summed E-state index contributed by atoms with van der Waals surface area (Å²) in [4.78, 5) is 16.1. The number of nitrogens with zero attached hydrogens (tertiary/aromatic N) is 3. The van der Waals surface area contributed by atoms with Crippen molar-refractivity contribution in [3.05, 3.63) is 33.1 Å². The minimum atomic E-state index is 0.477. The van der Waals surface area contributed by atoms with E-state index in [-0.39, 0.29) is 0 Å². The molecule has 3 aromatic rings. The van der Waals surface area contributed by atoms with Crippen molar-refractivity contribution >= 4 is 45.2 Å². The Morgan fingerprint density at radius 1 is 1.37 bits per heavy atom. The molecule has 3 rings (SSSR count). The second-order valence-electron chi connectivity index (χ2n) is 3.78. The zero-order valence-corrected chi connectivity index (χ0v) is 12.7. The van der Waals surface area contributed by atoms with Gasteiger partial charge in [0.1, 0.15) is 11.3 Å². The molecule has 0 saturated heterocycles. The Morgan fingerprint density at radius 3 is 2.95 bits per heavy atom. The van der Waals surface area contributed by atoms with E-state index in [0.29, 0.717) is 28.1 Å². The molecule has 0 fully saturated rings. The summed E-state index contributed by atoms with van der Waals surface area (Å²) in [5, 5.41) is 1.46. The summed E-state index contributed by atoms with van der Waals surface area (Å²) in [7, 11) is 1.58. The fraction of sp³-hybridized carbons (Fsp3) is 0.0833. The van der Waals surface area contributed by atoms with Gasteiger partial charge in [0.25, 0.3) is 0 Å². The minimum absolute atomic E-state index is 0.477. The van der Waals surface area contributed by atoms with Crippen LogP contribution in [0.1, 0.15) is 0 Å². The van der Waals surface area contributed by atoms with Gasteiger partial charge in [0.2, 0.25) is 5.88 Å². The van der Waals surface area contributed by atoms with Crippen LogP contribution < -0.4 is 4.74 Å². The molecule has 0 aliphatic heterocycles. The number of pyridine rings is 1. The highest BCUT2D eigenvalue weighted by molar-refractivity contribution is 14.1. The van der Waals surface area contributed by atoms with Crippen LogP contribution in [0, 0.1) is 3.57 Å². The highest BCUT2D eigenvalue weighted by Crippen LogP contribution is 2.29. The molecule has 3 heterocycles. The Kier molecular flexibility index (Phi) is 3.28. The van der Waals surface area contributed by atoms with Gasteiger partial charge in [-0.15, -0.1) is 0 Å². The van der Waals surface area contributed by atoms with Crippen molar-refractivity contribution in [2.24, 2.45) is 0 Å². The monoisotopic (exact) mass is 386 g/mol. The molecule has 0 radical (unpaired) electrons. The van der Waals surface area contributed by atoms with E-state index in [1.165, 1.54) is 0 Å². The lowest BCUT2D eigenvalue weighted by Crippen LogP contribution is -1.97. The van der Waals surface area contributed by atoms with Crippen LogP contribution in [-0.4, -0.2) is 27.0 Å². The Morgan fingerprint density at radius 2 is 2.21 bits per heavy atom. The molecule has 0 amide bonds. The first kappa shape index (κ1) is 12.6. The summed E-state index contributed by atoms with van der Waals surface area (Å²) >= 11 is 8.16. The molecule has 0 aliphatic carbocycles. The number of hydrogen-bond donors (Lipinski definition) is 1. The standard InChI is InChI=1S/C12H8ClIN4O/c1-19-12-9-7(14)5-16-11(9)17-10(18-12)8-4-6(13)2-3-15-8/h2-5H,1H3,(H,16,17,18). The van der Waals surface area contributed by atoms with Crippen LogP contribution >= 0.6 is 34.2 Å². The zero-order chi connectivity index (χ0) is 13.4. The average Bonchev–Trinajstić information content (AvgIpc) is 2.80. The first-order valence-corrected chi connectivity index (χ1v) is 6.85. The molecule has 0 bridgehead atoms. The van der Waals surface area contributed by atoms with E-state index in [0.717, 1.165) is 8.96 Å². The summed E-state index contributed by atoms with van der Waals surface area (Å²) in [6.45, 7) is 0. The molecular weight excluding hydrogens is 379 g/mol. The molecule has 0 atom stereocenters. The lowest BCUT2D eigenvalue weighted by Gasteiger charge is -2.05. The van der Waals surface area contributed by atoms with Gasteiger partial charge in [-0.05, 0) is 34.7 Å². The maximum atomic E-state index is 5.95. The molecule has 19 heavy (non-hydrogen) atoms. The van der Waals surface area contributed by atoms with Crippen molar-refractivity contribution < 1.29 is 4.74 Å². The van der Waals surface area contributed by atoms with Crippen LogP contribution in [0.3, 0.4) is 0 Å². The molecule has 5 nitrogen and oxygen atoms in total. The second-order valence-corrected chi connectivity index (χ2v) is 5.37. The average molecular weight is 387 g/mol. The molecule has 7 heteroatoms. The van der Waals surface area contributed by atoms with Crippen molar-refractivity contribution in [3.63, 3.8) is 0 Å². The number of aromatic nitrogens is 4. The van der Waals surface area contributed by atoms with Gasteiger partial charge >= 0.3 is 0 Å². The van der Waals surface area contributed by atoms with Gasteiger partial charge in [0, 0.05) is 21.0 Å². The topological polar surface area (TPSA) is 63.7 Å². The van der Waals surface area contributed by atoms with E-state index < -0.39 is 0 Å². The minimum Gasteiger partial charge on any atom is -0.480 e. The molecule has 96 valence electrons. The van der Waals surface area contributed by atoms with Crippen LogP contribution in [0.2, 0.25) is 5.02 Å². The summed E-state index contributed by atoms with van der Waals surface area (Å²) in [6, 6.07) is 3.43. The number of fused-ring (bicyclic) bond motifs is 1. The number of aromatic amines is 1. The van der Waals surface area contributed by atoms with Crippen molar-refractivity contribution in [1.29, 1.82) is 0 Å². The highest BCUT2D eigenvalue weighted by atomic mass is 127. The van der Waals surface area contributed by atoms with E-state index in [2.05, 4.69) is 42.5 Å². The predicted molar refractivity (Wildman–Crippen MR) is 81.4 cm³/mol. The number of rotatable bonds is 2. The fourth-order valence-electron chi connectivity index (χ4n) is 1.75. The summed E-state index contributed by atoms with van der Waals surface area (Å²) in [5.74, 6) is 0.998. The quantitative estimate of drug-likeness (QED) is 0.687. The van der Waals surface area contributed by atoms with E-state index in [1.54, 1.807) is 25.4 Å². The summed E-state index contributed by atoms with van der Waals surface area (Å²) in [5.41, 5.74) is 1.32. The fourth-order valence-corrected chi connectivity index (χ4v) is 2.55. The van der Waals surface area contributed by atoms with Crippen molar-refractivity contribution in [2.45, 2.75) is 0 Å². The molecule has 3 aromatic heterocycles. The largest absolute Gasteiger partial charge is 0.480 e. The van der Waals surface area contributed by atoms with Gasteiger partial charge in [0.15, 0.2) is 5.82 Å². The van der Waals surface area contributed by atoms with Gasteiger partial charge in [-0.3, -0.25) is 4.98 Å². The third-order valence-electron chi connectivity index (χ3n) is 2.59. The van der Waals surface area contributed by atoms with Gasteiger partial charge in [-0.1, -0.05) is 11.6 Å². The highest BCUT2D eigenvalue weighted by Gasteiger charge is 2.14. The van der Waals surface area contributed by atoms with Crippen molar-refractivity contribution in [1.82, 2.24) is 19.9 Å². The number of H-pyrrole nitrogens is 1. The molecule has 1 N–H and O–H groups in total. The molecule has 0 unspecified atom stereocenters. The number of halogens is 2. The second kappa shape index (κ2) is 4.93. The van der Waals surface area contributed by atoms with E-state index in [4.69, 9.17) is 16.3 Å². The summed E-state index contributed by atoms with van der Waals surface area (Å²) in [6.07, 6.45) is 3.48. The normalized spacial score (nSPS) is 10.9. The first-order valence-electron chi connectivity index (χ1n) is 5.39. The van der Waals surface area contributed by atoms with E-state index in [1.807, 2.05) is 6.20 Å². The number of nitrogens with one attached hydrogen (secondary N) is 1. The molecule has 0 spiro atoms. The maximum Gasteiger partial charge on any atom is 0.227 e. The SMILES string of the molecule is COc1nc(-c2cc(Cl)ccn2)nc2[nH]cc(I)c12. The van der Waals surface area contributed by atoms with Crippen molar-refractivity contribution in [3.8, 4) is 17.4 Å². The summed E-state index contributed by atoms with van der Waals surface area (Å²) < 4.78 is 6.33. The van der Waals surface area contributed by atoms with Crippen LogP contribution in [0.25, 0.3) is 22.6 Å². The number of hydrogen-bond acceptors (Lipinski definition) is 4. The third kappa shape index (κ3) is 2.25. The smallest absolute Gasteiger partial charge is 0.227 e. The van der Waals surface area contributed by atoms with Gasteiger partial charge in [0.05, 0.1) is 12.5 Å². The lowest BCUT2D eigenvalue weighted by atomic mass is 10.3. The Hall–Kier alpha value is -1.41. The lowest BCUT2D eigenvalue weighted by molar-refractivity contribution is 0.403. The Balaban J connectivity index is 2.25. The van der Waals surface area contributed by atoms with Gasteiger partial charge in [-0.25, -0.2) is 4.98 Å². The zero-order valence-electron chi connectivity index (χ0n) is 9.82. The molecule has 0 aliphatic rings. The first-order chi connectivity index (χ1) is 9.19.